The van der Waals surface area contributed by atoms with Crippen LogP contribution in [-0.2, 0) is 20.4 Å². The van der Waals surface area contributed by atoms with Gasteiger partial charge in [-0.15, -0.1) is 0 Å². The molecular weight excluding hydrogens is 455 g/mol. The van der Waals surface area contributed by atoms with Crippen molar-refractivity contribution in [1.82, 2.24) is 20.8 Å². The van der Waals surface area contributed by atoms with E-state index in [1.54, 1.807) is 19.1 Å². The van der Waals surface area contributed by atoms with Gasteiger partial charge in [-0.05, 0) is 30.7 Å². The highest BCUT2D eigenvalue weighted by Crippen LogP contribution is 2.36. The fraction of sp³-hybridized carbons (Fsp3) is 0.190. The van der Waals surface area contributed by atoms with Gasteiger partial charge >= 0.3 is 6.18 Å². The maximum atomic E-state index is 13.7. The van der Waals surface area contributed by atoms with Gasteiger partial charge in [0.2, 0.25) is 23.6 Å². The molecule has 1 aliphatic rings. The summed E-state index contributed by atoms with van der Waals surface area (Å²) >= 11 is 0. The van der Waals surface area contributed by atoms with Gasteiger partial charge in [0, 0.05) is 12.3 Å². The summed E-state index contributed by atoms with van der Waals surface area (Å²) in [6.07, 6.45) is -1.54. The molecule has 1 aromatic heterocycles. The predicted molar refractivity (Wildman–Crippen MR) is 119 cm³/mol. The zero-order valence-corrected chi connectivity index (χ0v) is 18.4. The van der Waals surface area contributed by atoms with Crippen molar-refractivity contribution < 1.29 is 27.4 Å². The van der Waals surface area contributed by atoms with Crippen LogP contribution in [0.2, 0.25) is 0 Å². The lowest BCUT2D eigenvalue weighted by Crippen LogP contribution is -2.37. The van der Waals surface area contributed by atoms with E-state index in [2.05, 4.69) is 43.3 Å². The molecule has 0 bridgehead atoms. The summed E-state index contributed by atoms with van der Waals surface area (Å²) in [5.74, 6) is -0.657. The Kier molecular flexibility index (Phi) is 7.14. The number of anilines is 4. The zero-order chi connectivity index (χ0) is 24.9. The molecule has 10 nitrogen and oxygen atoms in total. The van der Waals surface area contributed by atoms with Crippen LogP contribution in [-0.4, -0.2) is 30.1 Å². The van der Waals surface area contributed by atoms with Gasteiger partial charge in [-0.25, -0.2) is 4.98 Å². The molecule has 34 heavy (non-hydrogen) atoms. The van der Waals surface area contributed by atoms with Crippen molar-refractivity contribution in [2.24, 2.45) is 0 Å². The van der Waals surface area contributed by atoms with Crippen LogP contribution < -0.4 is 26.8 Å². The van der Waals surface area contributed by atoms with Crippen molar-refractivity contribution in [3.63, 3.8) is 0 Å². The molecule has 3 rings (SSSR count). The summed E-state index contributed by atoms with van der Waals surface area (Å²) in [4.78, 5) is 19.6. The van der Waals surface area contributed by atoms with Crippen LogP contribution in [0.15, 0.2) is 60.6 Å². The molecule has 0 unspecified atom stereocenters. The topological polar surface area (TPSA) is 121 Å². The number of aromatic nitrogens is 2. The fourth-order valence-electron chi connectivity index (χ4n) is 2.83. The standard InChI is InChI=1S/C21H22F3N7O3/c1-5-16(32)26-14-8-11(2)6-7-13(14)27-18-12(21(22,23)24)10-25-20(29-18)28-15-9-17(33-3)30-31-19(15)34-4/h5-10,30-31H,1H2,2-4H3,(H,26,32)(H2,25,27,28,29). The summed E-state index contributed by atoms with van der Waals surface area (Å²) in [7, 11) is 2.82. The molecule has 2 heterocycles. The number of hydrogen-bond acceptors (Lipinski definition) is 9. The van der Waals surface area contributed by atoms with E-state index in [4.69, 9.17) is 9.47 Å². The Morgan fingerprint density at radius 2 is 1.91 bits per heavy atom. The van der Waals surface area contributed by atoms with Crippen molar-refractivity contribution in [3.8, 4) is 0 Å². The lowest BCUT2D eigenvalue weighted by atomic mass is 10.1. The number of nitrogens with zero attached hydrogens (tertiary/aromatic N) is 2. The monoisotopic (exact) mass is 477 g/mol. The number of alkyl halides is 3. The average molecular weight is 477 g/mol. The summed E-state index contributed by atoms with van der Waals surface area (Å²) in [5, 5.41) is 8.01. The van der Waals surface area contributed by atoms with Gasteiger partial charge < -0.3 is 25.4 Å². The Hall–Kier alpha value is -4.42. The molecule has 0 atom stereocenters. The van der Waals surface area contributed by atoms with Crippen molar-refractivity contribution in [2.75, 3.05) is 30.2 Å². The van der Waals surface area contributed by atoms with Crippen LogP contribution in [0.4, 0.5) is 36.3 Å². The number of hydrogen-bond donors (Lipinski definition) is 5. The third kappa shape index (κ3) is 5.68. The van der Waals surface area contributed by atoms with Crippen molar-refractivity contribution >= 4 is 29.0 Å². The number of hydrazine groups is 1. The SMILES string of the molecule is C=CC(=O)Nc1cc(C)ccc1Nc1nc(NC2=C(OC)NNC(OC)=C2)ncc1C(F)(F)F. The van der Waals surface area contributed by atoms with Crippen molar-refractivity contribution in [1.29, 1.82) is 0 Å². The van der Waals surface area contributed by atoms with Gasteiger partial charge in [-0.1, -0.05) is 12.6 Å². The van der Waals surface area contributed by atoms with Crippen LogP contribution in [0.1, 0.15) is 11.1 Å². The number of allylic oxidation sites excluding steroid dienone is 1. The van der Waals surface area contributed by atoms with E-state index >= 15 is 0 Å². The molecule has 0 saturated carbocycles. The predicted octanol–water partition coefficient (Wildman–Crippen LogP) is 3.49. The van der Waals surface area contributed by atoms with Crippen LogP contribution in [0.3, 0.4) is 0 Å². The van der Waals surface area contributed by atoms with E-state index in [9.17, 15) is 18.0 Å². The number of benzene rings is 1. The third-order valence-corrected chi connectivity index (χ3v) is 4.46. The molecule has 180 valence electrons. The Bertz CT molecular complexity index is 1160. The Morgan fingerprint density at radius 1 is 1.15 bits per heavy atom. The average Bonchev–Trinajstić information content (AvgIpc) is 2.80. The van der Waals surface area contributed by atoms with E-state index in [0.29, 0.717) is 17.8 Å². The second kappa shape index (κ2) is 10.0. The van der Waals surface area contributed by atoms with Crippen LogP contribution in [0.5, 0.6) is 0 Å². The Labute approximate surface area is 192 Å². The molecule has 0 spiro atoms. The molecule has 0 saturated heterocycles. The second-order valence-electron chi connectivity index (χ2n) is 6.86. The Balaban J connectivity index is 2.02. The normalized spacial score (nSPS) is 13.2. The van der Waals surface area contributed by atoms with E-state index in [0.717, 1.165) is 11.6 Å². The van der Waals surface area contributed by atoms with Gasteiger partial charge in [0.15, 0.2) is 0 Å². The van der Waals surface area contributed by atoms with Crippen LogP contribution >= 0.6 is 0 Å². The van der Waals surface area contributed by atoms with Gasteiger partial charge in [-0.2, -0.15) is 18.2 Å². The van der Waals surface area contributed by atoms with Gasteiger partial charge in [0.1, 0.15) is 17.1 Å². The van der Waals surface area contributed by atoms with E-state index in [1.807, 2.05) is 0 Å². The summed E-state index contributed by atoms with van der Waals surface area (Å²) < 4.78 is 51.3. The maximum Gasteiger partial charge on any atom is 0.421 e. The maximum absolute atomic E-state index is 13.7. The molecule has 0 radical (unpaired) electrons. The number of nitrogens with one attached hydrogen (secondary N) is 5. The van der Waals surface area contributed by atoms with Gasteiger partial charge in [-0.3, -0.25) is 15.6 Å². The number of halogens is 3. The molecule has 5 N–H and O–H groups in total. The largest absolute Gasteiger partial charge is 0.481 e. The number of carbonyl (C=O) groups excluding carboxylic acids is 1. The highest BCUT2D eigenvalue weighted by Gasteiger charge is 2.35. The summed E-state index contributed by atoms with van der Waals surface area (Å²) in [6.45, 7) is 5.16. The van der Waals surface area contributed by atoms with Crippen LogP contribution in [0.25, 0.3) is 0 Å². The number of aryl methyl sites for hydroxylation is 1. The molecule has 1 amide bonds. The van der Waals surface area contributed by atoms with E-state index < -0.39 is 23.5 Å². The molecule has 1 aliphatic heterocycles. The van der Waals surface area contributed by atoms with E-state index in [-0.39, 0.29) is 23.2 Å². The summed E-state index contributed by atoms with van der Waals surface area (Å²) in [6, 6.07) is 4.80. The zero-order valence-electron chi connectivity index (χ0n) is 18.4. The second-order valence-corrected chi connectivity index (χ2v) is 6.86. The number of rotatable bonds is 8. The van der Waals surface area contributed by atoms with Crippen LogP contribution in [0, 0.1) is 6.92 Å². The molecule has 0 fully saturated rings. The first-order chi connectivity index (χ1) is 16.1. The van der Waals surface area contributed by atoms with Crippen molar-refractivity contribution in [2.45, 2.75) is 13.1 Å². The smallest absolute Gasteiger partial charge is 0.421 e. The van der Waals surface area contributed by atoms with Gasteiger partial charge in [0.05, 0.1) is 25.6 Å². The highest BCUT2D eigenvalue weighted by molar-refractivity contribution is 6.01. The molecule has 2 aromatic rings. The number of amides is 1. The first-order valence-electron chi connectivity index (χ1n) is 9.73. The minimum atomic E-state index is -4.74. The molecular formula is C21H22F3N7O3. The minimum Gasteiger partial charge on any atom is -0.481 e. The third-order valence-electron chi connectivity index (χ3n) is 4.46. The highest BCUT2D eigenvalue weighted by atomic mass is 19.4. The quantitative estimate of drug-likeness (QED) is 0.364. The lowest BCUT2D eigenvalue weighted by Gasteiger charge is -2.22. The number of methoxy groups -OCH3 is 2. The van der Waals surface area contributed by atoms with E-state index in [1.165, 1.54) is 26.4 Å². The van der Waals surface area contributed by atoms with Crippen molar-refractivity contribution in [3.05, 3.63) is 71.7 Å². The first-order valence-corrected chi connectivity index (χ1v) is 9.73. The number of carbonyl (C=O) groups is 1. The minimum absolute atomic E-state index is 0.153. The van der Waals surface area contributed by atoms with Gasteiger partial charge in [0.25, 0.3) is 0 Å². The molecule has 1 aromatic carbocycles. The molecule has 13 heteroatoms. The number of ether oxygens (including phenoxy) is 2. The fourth-order valence-corrected chi connectivity index (χ4v) is 2.83. The lowest BCUT2D eigenvalue weighted by molar-refractivity contribution is -0.137. The first kappa shape index (κ1) is 24.2. The Morgan fingerprint density at radius 3 is 2.56 bits per heavy atom. The summed E-state index contributed by atoms with van der Waals surface area (Å²) in [5.41, 5.74) is 5.86. The molecule has 0 aliphatic carbocycles.